The number of benzene rings is 2. The first-order valence-corrected chi connectivity index (χ1v) is 5.70. The van der Waals surface area contributed by atoms with E-state index < -0.39 is 17.7 Å². The van der Waals surface area contributed by atoms with Crippen molar-refractivity contribution in [2.24, 2.45) is 0 Å². The Morgan fingerprint density at radius 1 is 1.06 bits per heavy atom. The van der Waals surface area contributed by atoms with E-state index in [0.29, 0.717) is 11.1 Å². The highest BCUT2D eigenvalue weighted by Crippen LogP contribution is 2.28. The van der Waals surface area contributed by atoms with Crippen LogP contribution in [-0.2, 0) is 0 Å². The highest BCUT2D eigenvalue weighted by molar-refractivity contribution is 5.36. The van der Waals surface area contributed by atoms with E-state index in [1.165, 1.54) is 12.1 Å². The Hall–Kier alpha value is -1.74. The minimum atomic E-state index is -1.29. The second-order valence-electron chi connectivity index (χ2n) is 4.41. The van der Waals surface area contributed by atoms with Crippen LogP contribution in [0.5, 0.6) is 0 Å². The highest BCUT2D eigenvalue weighted by Gasteiger charge is 2.21. The molecule has 0 fully saturated rings. The van der Waals surface area contributed by atoms with Crippen molar-refractivity contribution in [2.75, 3.05) is 0 Å². The summed E-state index contributed by atoms with van der Waals surface area (Å²) in [5, 5.41) is 10.1. The van der Waals surface area contributed by atoms with Crippen LogP contribution in [0.3, 0.4) is 0 Å². The molecule has 1 N–H and O–H groups in total. The molecule has 1 atom stereocenters. The zero-order valence-corrected chi connectivity index (χ0v) is 10.2. The SMILES string of the molecule is Cc1cccc(C(O)c2c(F)ccc(C)c2F)c1. The van der Waals surface area contributed by atoms with Gasteiger partial charge in [-0.2, -0.15) is 0 Å². The molecule has 2 aromatic rings. The average Bonchev–Trinajstić information content (AvgIpc) is 2.34. The zero-order chi connectivity index (χ0) is 13.3. The van der Waals surface area contributed by atoms with E-state index in [-0.39, 0.29) is 5.56 Å². The lowest BCUT2D eigenvalue weighted by Gasteiger charge is -2.15. The second-order valence-corrected chi connectivity index (χ2v) is 4.41. The Kier molecular flexibility index (Phi) is 3.43. The molecule has 0 heterocycles. The van der Waals surface area contributed by atoms with Crippen LogP contribution < -0.4 is 0 Å². The van der Waals surface area contributed by atoms with Gasteiger partial charge in [0, 0.05) is 0 Å². The molecule has 0 aliphatic rings. The fourth-order valence-corrected chi connectivity index (χ4v) is 1.94. The third kappa shape index (κ3) is 2.27. The van der Waals surface area contributed by atoms with Gasteiger partial charge >= 0.3 is 0 Å². The van der Waals surface area contributed by atoms with Crippen LogP contribution in [0.1, 0.15) is 28.4 Å². The van der Waals surface area contributed by atoms with Gasteiger partial charge < -0.3 is 5.11 Å². The van der Waals surface area contributed by atoms with Crippen molar-refractivity contribution < 1.29 is 13.9 Å². The van der Waals surface area contributed by atoms with Gasteiger partial charge in [-0.25, -0.2) is 8.78 Å². The van der Waals surface area contributed by atoms with Crippen LogP contribution in [0.2, 0.25) is 0 Å². The molecule has 0 radical (unpaired) electrons. The van der Waals surface area contributed by atoms with E-state index in [1.54, 1.807) is 25.1 Å². The molecule has 0 aliphatic heterocycles. The summed E-state index contributed by atoms with van der Waals surface area (Å²) in [5.74, 6) is -1.42. The minimum absolute atomic E-state index is 0.291. The predicted octanol–water partition coefficient (Wildman–Crippen LogP) is 3.66. The fraction of sp³-hybridized carbons (Fsp3) is 0.200. The van der Waals surface area contributed by atoms with Crippen LogP contribution >= 0.6 is 0 Å². The first-order valence-electron chi connectivity index (χ1n) is 5.70. The fourth-order valence-electron chi connectivity index (χ4n) is 1.94. The molecule has 0 aliphatic carbocycles. The molecule has 1 unspecified atom stereocenters. The van der Waals surface area contributed by atoms with E-state index in [9.17, 15) is 13.9 Å². The number of aliphatic hydroxyl groups excluding tert-OH is 1. The van der Waals surface area contributed by atoms with Crippen molar-refractivity contribution in [3.8, 4) is 0 Å². The molecule has 0 bridgehead atoms. The van der Waals surface area contributed by atoms with Crippen molar-refractivity contribution in [1.82, 2.24) is 0 Å². The van der Waals surface area contributed by atoms with Crippen LogP contribution in [0.4, 0.5) is 8.78 Å². The van der Waals surface area contributed by atoms with E-state index in [2.05, 4.69) is 0 Å². The first-order chi connectivity index (χ1) is 8.50. The van der Waals surface area contributed by atoms with E-state index in [0.717, 1.165) is 5.56 Å². The summed E-state index contributed by atoms with van der Waals surface area (Å²) in [4.78, 5) is 0. The molecule has 0 spiro atoms. The lowest BCUT2D eigenvalue weighted by Crippen LogP contribution is -2.07. The van der Waals surface area contributed by atoms with Gasteiger partial charge in [0.15, 0.2) is 0 Å². The quantitative estimate of drug-likeness (QED) is 0.859. The largest absolute Gasteiger partial charge is 0.383 e. The van der Waals surface area contributed by atoms with Gasteiger partial charge in [0.05, 0.1) is 5.56 Å². The summed E-state index contributed by atoms with van der Waals surface area (Å²) in [6.45, 7) is 3.40. The minimum Gasteiger partial charge on any atom is -0.383 e. The van der Waals surface area contributed by atoms with Crippen molar-refractivity contribution in [3.63, 3.8) is 0 Å². The van der Waals surface area contributed by atoms with Gasteiger partial charge in [-0.1, -0.05) is 35.9 Å². The summed E-state index contributed by atoms with van der Waals surface area (Å²) >= 11 is 0. The summed E-state index contributed by atoms with van der Waals surface area (Å²) in [5.41, 5.74) is 1.44. The van der Waals surface area contributed by atoms with Crippen LogP contribution in [0.25, 0.3) is 0 Å². The summed E-state index contributed by atoms with van der Waals surface area (Å²) < 4.78 is 27.6. The average molecular weight is 248 g/mol. The smallest absolute Gasteiger partial charge is 0.135 e. The molecule has 0 saturated heterocycles. The number of halogens is 2. The maximum absolute atomic E-state index is 13.9. The number of hydrogen-bond donors (Lipinski definition) is 1. The van der Waals surface area contributed by atoms with Crippen molar-refractivity contribution in [1.29, 1.82) is 0 Å². The Morgan fingerprint density at radius 2 is 1.78 bits per heavy atom. The maximum atomic E-state index is 13.9. The van der Waals surface area contributed by atoms with E-state index in [1.807, 2.05) is 13.0 Å². The molecular formula is C15H14F2O. The lowest BCUT2D eigenvalue weighted by molar-refractivity contribution is 0.208. The van der Waals surface area contributed by atoms with Gasteiger partial charge in [0.1, 0.15) is 17.7 Å². The Balaban J connectivity index is 2.52. The van der Waals surface area contributed by atoms with Crippen LogP contribution in [0, 0.1) is 25.5 Å². The van der Waals surface area contributed by atoms with Crippen LogP contribution in [-0.4, -0.2) is 5.11 Å². The molecule has 2 aromatic carbocycles. The monoisotopic (exact) mass is 248 g/mol. The van der Waals surface area contributed by atoms with Gasteiger partial charge in [-0.3, -0.25) is 0 Å². The number of hydrogen-bond acceptors (Lipinski definition) is 1. The third-order valence-electron chi connectivity index (χ3n) is 2.95. The van der Waals surface area contributed by atoms with Gasteiger partial charge in [0.25, 0.3) is 0 Å². The Morgan fingerprint density at radius 3 is 2.44 bits per heavy atom. The molecule has 0 saturated carbocycles. The molecule has 18 heavy (non-hydrogen) atoms. The van der Waals surface area contributed by atoms with Gasteiger partial charge in [-0.05, 0) is 31.0 Å². The van der Waals surface area contributed by atoms with E-state index >= 15 is 0 Å². The number of aryl methyl sites for hydroxylation is 2. The molecular weight excluding hydrogens is 234 g/mol. The summed E-state index contributed by atoms with van der Waals surface area (Å²) in [6.07, 6.45) is -1.29. The molecule has 0 aromatic heterocycles. The van der Waals surface area contributed by atoms with E-state index in [4.69, 9.17) is 0 Å². The van der Waals surface area contributed by atoms with Crippen molar-refractivity contribution >= 4 is 0 Å². The number of rotatable bonds is 2. The highest BCUT2D eigenvalue weighted by atomic mass is 19.1. The molecule has 0 amide bonds. The summed E-state index contributed by atoms with van der Waals surface area (Å²) in [7, 11) is 0. The predicted molar refractivity (Wildman–Crippen MR) is 66.3 cm³/mol. The first kappa shape index (κ1) is 12.7. The normalized spacial score (nSPS) is 12.5. The zero-order valence-electron chi connectivity index (χ0n) is 10.2. The molecule has 2 rings (SSSR count). The molecule has 1 nitrogen and oxygen atoms in total. The third-order valence-corrected chi connectivity index (χ3v) is 2.95. The second kappa shape index (κ2) is 4.86. The maximum Gasteiger partial charge on any atom is 0.135 e. The summed E-state index contributed by atoms with van der Waals surface area (Å²) in [6, 6.07) is 9.51. The Labute approximate surface area is 105 Å². The van der Waals surface area contributed by atoms with Gasteiger partial charge in [0.2, 0.25) is 0 Å². The van der Waals surface area contributed by atoms with Crippen molar-refractivity contribution in [2.45, 2.75) is 20.0 Å². The van der Waals surface area contributed by atoms with Gasteiger partial charge in [-0.15, -0.1) is 0 Å². The number of aliphatic hydroxyl groups is 1. The Bertz CT molecular complexity index is 579. The molecule has 3 heteroatoms. The van der Waals surface area contributed by atoms with Crippen molar-refractivity contribution in [3.05, 3.63) is 70.3 Å². The lowest BCUT2D eigenvalue weighted by atomic mass is 9.97. The standard InChI is InChI=1S/C15H14F2O/c1-9-4-3-5-11(8-9)15(18)13-12(16)7-6-10(2)14(13)17/h3-8,15,18H,1-2H3. The molecule has 94 valence electrons. The van der Waals surface area contributed by atoms with Crippen LogP contribution in [0.15, 0.2) is 36.4 Å². The topological polar surface area (TPSA) is 20.2 Å².